The number of hydrogen-bond donors (Lipinski definition) is 0. The molecule has 1 atom stereocenters. The third-order valence-electron chi connectivity index (χ3n) is 6.59. The van der Waals surface area contributed by atoms with Crippen LogP contribution in [0.15, 0.2) is 24.5 Å². The Kier molecular flexibility index (Phi) is 6.18. The van der Waals surface area contributed by atoms with Crippen LogP contribution in [0, 0.1) is 0 Å². The standard InChI is InChI=1S/C23H31N5O3/c29-22-3-1-2-7-28(22)13-10-26-8-11-27(12-9-26)18-4-5-21-20(15-18)23(25-17-24-21)31-19-6-14-30-16-19/h4-5,15,17,19H,1-3,6-14,16H2. The Morgan fingerprint density at radius 3 is 2.77 bits per heavy atom. The molecule has 3 aliphatic heterocycles. The van der Waals surface area contributed by atoms with E-state index in [0.29, 0.717) is 18.4 Å². The molecule has 1 amide bonds. The van der Waals surface area contributed by atoms with Gasteiger partial charge in [-0.25, -0.2) is 9.97 Å². The summed E-state index contributed by atoms with van der Waals surface area (Å²) in [6, 6.07) is 6.35. The number of nitrogens with zero attached hydrogens (tertiary/aromatic N) is 5. The van der Waals surface area contributed by atoms with E-state index < -0.39 is 0 Å². The lowest BCUT2D eigenvalue weighted by Crippen LogP contribution is -2.49. The molecule has 0 aliphatic carbocycles. The monoisotopic (exact) mass is 425 g/mol. The fourth-order valence-corrected chi connectivity index (χ4v) is 4.67. The number of carbonyl (C=O) groups excluding carboxylic acids is 1. The van der Waals surface area contributed by atoms with Crippen molar-refractivity contribution in [2.24, 2.45) is 0 Å². The molecule has 3 fully saturated rings. The Bertz CT molecular complexity index is 909. The number of rotatable bonds is 6. The van der Waals surface area contributed by atoms with E-state index in [1.807, 2.05) is 4.90 Å². The lowest BCUT2D eigenvalue weighted by Gasteiger charge is -2.37. The van der Waals surface area contributed by atoms with Gasteiger partial charge in [-0.15, -0.1) is 0 Å². The van der Waals surface area contributed by atoms with Crippen molar-refractivity contribution in [3.05, 3.63) is 24.5 Å². The van der Waals surface area contributed by atoms with Crippen molar-refractivity contribution in [1.82, 2.24) is 19.8 Å². The molecule has 2 aromatic rings. The van der Waals surface area contributed by atoms with Gasteiger partial charge in [0.2, 0.25) is 11.8 Å². The zero-order valence-corrected chi connectivity index (χ0v) is 18.0. The number of piperidine rings is 1. The van der Waals surface area contributed by atoms with Crippen LogP contribution in [0.5, 0.6) is 5.88 Å². The van der Waals surface area contributed by atoms with E-state index in [9.17, 15) is 4.79 Å². The molecular weight excluding hydrogens is 394 g/mol. The zero-order chi connectivity index (χ0) is 21.0. The van der Waals surface area contributed by atoms with Crippen LogP contribution in [0.4, 0.5) is 5.69 Å². The molecular formula is C23H31N5O3. The van der Waals surface area contributed by atoms with E-state index in [1.165, 1.54) is 5.69 Å². The molecule has 0 bridgehead atoms. The Balaban J connectivity index is 1.20. The lowest BCUT2D eigenvalue weighted by atomic mass is 10.1. The highest BCUT2D eigenvalue weighted by Crippen LogP contribution is 2.28. The van der Waals surface area contributed by atoms with Gasteiger partial charge in [0, 0.05) is 64.3 Å². The maximum absolute atomic E-state index is 12.0. The molecule has 166 valence electrons. The van der Waals surface area contributed by atoms with E-state index in [4.69, 9.17) is 9.47 Å². The first-order chi connectivity index (χ1) is 15.3. The Morgan fingerprint density at radius 1 is 1.06 bits per heavy atom. The summed E-state index contributed by atoms with van der Waals surface area (Å²) < 4.78 is 11.5. The normalized spacial score (nSPS) is 23.0. The van der Waals surface area contributed by atoms with Crippen molar-refractivity contribution in [1.29, 1.82) is 0 Å². The minimum atomic E-state index is 0.0667. The highest BCUT2D eigenvalue weighted by molar-refractivity contribution is 5.86. The number of anilines is 1. The fourth-order valence-electron chi connectivity index (χ4n) is 4.67. The summed E-state index contributed by atoms with van der Waals surface area (Å²) in [6.07, 6.45) is 5.45. The molecule has 8 nitrogen and oxygen atoms in total. The van der Waals surface area contributed by atoms with E-state index >= 15 is 0 Å². The smallest absolute Gasteiger partial charge is 0.224 e. The number of aromatic nitrogens is 2. The molecule has 0 N–H and O–H groups in total. The second kappa shape index (κ2) is 9.36. The van der Waals surface area contributed by atoms with Gasteiger partial charge in [-0.1, -0.05) is 0 Å². The minimum Gasteiger partial charge on any atom is -0.471 e. The average molecular weight is 426 g/mol. The number of amides is 1. The van der Waals surface area contributed by atoms with Crippen molar-refractivity contribution in [3.8, 4) is 5.88 Å². The van der Waals surface area contributed by atoms with Crippen molar-refractivity contribution in [3.63, 3.8) is 0 Å². The molecule has 0 spiro atoms. The predicted molar refractivity (Wildman–Crippen MR) is 118 cm³/mol. The molecule has 5 rings (SSSR count). The quantitative estimate of drug-likeness (QED) is 0.700. The molecule has 4 heterocycles. The highest BCUT2D eigenvalue weighted by Gasteiger charge is 2.23. The molecule has 31 heavy (non-hydrogen) atoms. The number of hydrogen-bond acceptors (Lipinski definition) is 7. The van der Waals surface area contributed by atoms with Crippen molar-refractivity contribution in [2.75, 3.05) is 63.9 Å². The van der Waals surface area contributed by atoms with Gasteiger partial charge in [0.15, 0.2) is 0 Å². The van der Waals surface area contributed by atoms with Crippen LogP contribution in [0.2, 0.25) is 0 Å². The van der Waals surface area contributed by atoms with E-state index in [2.05, 4.69) is 38.0 Å². The van der Waals surface area contributed by atoms with Crippen LogP contribution >= 0.6 is 0 Å². The molecule has 3 aliphatic rings. The van der Waals surface area contributed by atoms with Crippen LogP contribution in [-0.2, 0) is 9.53 Å². The first kappa shape index (κ1) is 20.5. The first-order valence-electron chi connectivity index (χ1n) is 11.5. The van der Waals surface area contributed by atoms with Gasteiger partial charge in [0.25, 0.3) is 0 Å². The summed E-state index contributed by atoms with van der Waals surface area (Å²) in [4.78, 5) is 27.7. The number of likely N-dealkylation sites (tertiary alicyclic amines) is 1. The Morgan fingerprint density at radius 2 is 1.97 bits per heavy atom. The number of piperazine rings is 1. The summed E-state index contributed by atoms with van der Waals surface area (Å²) in [5, 5.41) is 0.956. The van der Waals surface area contributed by atoms with E-state index in [-0.39, 0.29) is 6.10 Å². The van der Waals surface area contributed by atoms with Crippen LogP contribution in [0.1, 0.15) is 25.7 Å². The van der Waals surface area contributed by atoms with E-state index in [0.717, 1.165) is 89.0 Å². The summed E-state index contributed by atoms with van der Waals surface area (Å²) in [7, 11) is 0. The molecule has 1 aromatic carbocycles. The summed E-state index contributed by atoms with van der Waals surface area (Å²) in [6.45, 7) is 8.08. The topological polar surface area (TPSA) is 71.0 Å². The summed E-state index contributed by atoms with van der Waals surface area (Å²) in [5.41, 5.74) is 2.08. The summed E-state index contributed by atoms with van der Waals surface area (Å²) >= 11 is 0. The van der Waals surface area contributed by atoms with Crippen molar-refractivity contribution >= 4 is 22.5 Å². The minimum absolute atomic E-state index is 0.0667. The van der Waals surface area contributed by atoms with Crippen molar-refractivity contribution in [2.45, 2.75) is 31.8 Å². The number of benzene rings is 1. The van der Waals surface area contributed by atoms with Gasteiger partial charge >= 0.3 is 0 Å². The summed E-state index contributed by atoms with van der Waals surface area (Å²) in [5.74, 6) is 0.970. The first-order valence-corrected chi connectivity index (χ1v) is 11.5. The molecule has 0 radical (unpaired) electrons. The molecule has 1 unspecified atom stereocenters. The molecule has 3 saturated heterocycles. The van der Waals surface area contributed by atoms with Gasteiger partial charge < -0.3 is 19.3 Å². The SMILES string of the molecule is O=C1CCCCN1CCN1CCN(c2ccc3ncnc(OC4CCOC4)c3c2)CC1. The molecule has 8 heteroatoms. The molecule has 1 aromatic heterocycles. The predicted octanol–water partition coefficient (Wildman–Crippen LogP) is 1.93. The second-order valence-electron chi connectivity index (χ2n) is 8.65. The van der Waals surface area contributed by atoms with Gasteiger partial charge in [0.05, 0.1) is 24.1 Å². The highest BCUT2D eigenvalue weighted by atomic mass is 16.5. The zero-order valence-electron chi connectivity index (χ0n) is 18.0. The number of fused-ring (bicyclic) bond motifs is 1. The number of carbonyl (C=O) groups is 1. The average Bonchev–Trinajstić information content (AvgIpc) is 3.32. The van der Waals surface area contributed by atoms with Crippen LogP contribution in [0.3, 0.4) is 0 Å². The van der Waals surface area contributed by atoms with Gasteiger partial charge in [0.1, 0.15) is 12.4 Å². The van der Waals surface area contributed by atoms with Crippen LogP contribution in [-0.4, -0.2) is 90.8 Å². The third-order valence-corrected chi connectivity index (χ3v) is 6.59. The molecule has 0 saturated carbocycles. The van der Waals surface area contributed by atoms with E-state index in [1.54, 1.807) is 6.33 Å². The van der Waals surface area contributed by atoms with Crippen molar-refractivity contribution < 1.29 is 14.3 Å². The maximum Gasteiger partial charge on any atom is 0.224 e. The Hall–Kier alpha value is -2.45. The lowest BCUT2D eigenvalue weighted by molar-refractivity contribution is -0.133. The third kappa shape index (κ3) is 4.75. The van der Waals surface area contributed by atoms with Gasteiger partial charge in [-0.3, -0.25) is 9.69 Å². The van der Waals surface area contributed by atoms with Gasteiger partial charge in [-0.2, -0.15) is 0 Å². The number of ether oxygens (including phenoxy) is 2. The fraction of sp³-hybridized carbons (Fsp3) is 0.609. The van der Waals surface area contributed by atoms with Crippen LogP contribution < -0.4 is 9.64 Å². The largest absolute Gasteiger partial charge is 0.471 e. The van der Waals surface area contributed by atoms with Gasteiger partial charge in [-0.05, 0) is 31.0 Å². The van der Waals surface area contributed by atoms with Crippen LogP contribution in [0.25, 0.3) is 10.9 Å². The Labute approximate surface area is 183 Å². The second-order valence-corrected chi connectivity index (χ2v) is 8.65. The maximum atomic E-state index is 12.0.